The van der Waals surface area contributed by atoms with E-state index >= 15 is 0 Å². The van der Waals surface area contributed by atoms with Crippen molar-refractivity contribution in [3.05, 3.63) is 45.6 Å². The van der Waals surface area contributed by atoms with Crippen LogP contribution in [0, 0.1) is 0 Å². The predicted molar refractivity (Wildman–Crippen MR) is 83.5 cm³/mol. The zero-order valence-electron chi connectivity index (χ0n) is 11.8. The minimum Gasteiger partial charge on any atom is -0.496 e. The molecule has 4 heteroatoms. The molecule has 0 saturated carbocycles. The summed E-state index contributed by atoms with van der Waals surface area (Å²) in [5, 5.41) is 1.83. The van der Waals surface area contributed by atoms with Crippen molar-refractivity contribution in [3.8, 4) is 11.5 Å². The average Bonchev–Trinajstić information content (AvgIpc) is 3.03. The zero-order valence-corrected chi connectivity index (χ0v) is 13.3. The third-order valence-electron chi connectivity index (χ3n) is 3.70. The highest BCUT2D eigenvalue weighted by atomic mass is 35.5. The van der Waals surface area contributed by atoms with Gasteiger partial charge in [0.25, 0.3) is 0 Å². The van der Waals surface area contributed by atoms with E-state index < -0.39 is 0 Å². The standard InChI is InChI=1S/C16H17ClO2S/c1-16(2)9-19-13-5-4-10(6-12(13)16)15(17)14-7-11(18-3)8-20-14/h4-8,15H,9H2,1-3H3. The first kappa shape index (κ1) is 13.8. The highest BCUT2D eigenvalue weighted by molar-refractivity contribution is 7.10. The van der Waals surface area contributed by atoms with E-state index in [4.69, 9.17) is 21.1 Å². The second-order valence-electron chi connectivity index (χ2n) is 5.68. The molecule has 0 bridgehead atoms. The van der Waals surface area contributed by atoms with Crippen LogP contribution in [0.25, 0.3) is 0 Å². The van der Waals surface area contributed by atoms with Crippen molar-refractivity contribution in [1.29, 1.82) is 0 Å². The predicted octanol–water partition coefficient (Wildman–Crippen LogP) is 4.75. The quantitative estimate of drug-likeness (QED) is 0.761. The van der Waals surface area contributed by atoms with Gasteiger partial charge >= 0.3 is 0 Å². The van der Waals surface area contributed by atoms with Crippen LogP contribution in [0.1, 0.15) is 35.2 Å². The molecule has 1 aliphatic rings. The van der Waals surface area contributed by atoms with E-state index in [1.807, 2.05) is 23.6 Å². The first-order valence-corrected chi connectivity index (χ1v) is 7.86. The lowest BCUT2D eigenvalue weighted by atomic mass is 9.86. The van der Waals surface area contributed by atoms with Crippen molar-refractivity contribution in [2.75, 3.05) is 13.7 Å². The maximum Gasteiger partial charge on any atom is 0.129 e. The molecule has 2 heterocycles. The number of fused-ring (bicyclic) bond motifs is 1. The first-order chi connectivity index (χ1) is 9.51. The van der Waals surface area contributed by atoms with Crippen molar-refractivity contribution in [3.63, 3.8) is 0 Å². The Hall–Kier alpha value is -1.19. The van der Waals surface area contributed by atoms with Crippen LogP contribution in [0.4, 0.5) is 0 Å². The van der Waals surface area contributed by atoms with Crippen LogP contribution in [0.5, 0.6) is 11.5 Å². The molecular formula is C16H17ClO2S. The number of ether oxygens (including phenoxy) is 2. The molecule has 0 aliphatic carbocycles. The fraction of sp³-hybridized carbons (Fsp3) is 0.375. The van der Waals surface area contributed by atoms with E-state index in [0.29, 0.717) is 0 Å². The number of methoxy groups -OCH3 is 1. The van der Waals surface area contributed by atoms with E-state index in [0.717, 1.165) is 28.5 Å². The summed E-state index contributed by atoms with van der Waals surface area (Å²) in [5.74, 6) is 1.84. The smallest absolute Gasteiger partial charge is 0.129 e. The van der Waals surface area contributed by atoms with Gasteiger partial charge in [-0.05, 0) is 23.8 Å². The summed E-state index contributed by atoms with van der Waals surface area (Å²) in [6.07, 6.45) is 0. The molecule has 0 radical (unpaired) electrons. The van der Waals surface area contributed by atoms with Crippen molar-refractivity contribution < 1.29 is 9.47 Å². The first-order valence-electron chi connectivity index (χ1n) is 6.55. The Bertz CT molecular complexity index is 633. The molecule has 0 N–H and O–H groups in total. The highest BCUT2D eigenvalue weighted by Crippen LogP contribution is 2.42. The Morgan fingerprint density at radius 1 is 1.35 bits per heavy atom. The minimum atomic E-state index is -0.148. The highest BCUT2D eigenvalue weighted by Gasteiger charge is 2.32. The SMILES string of the molecule is COc1csc(C(Cl)c2ccc3c(c2)C(C)(C)CO3)c1. The van der Waals surface area contributed by atoms with E-state index in [-0.39, 0.29) is 10.8 Å². The van der Waals surface area contributed by atoms with Crippen LogP contribution in [0.2, 0.25) is 0 Å². The molecule has 2 aromatic rings. The Morgan fingerprint density at radius 2 is 2.15 bits per heavy atom. The second-order valence-corrected chi connectivity index (χ2v) is 7.06. The summed E-state index contributed by atoms with van der Waals surface area (Å²) in [6.45, 7) is 5.12. The largest absolute Gasteiger partial charge is 0.496 e. The molecule has 0 saturated heterocycles. The number of alkyl halides is 1. The molecule has 1 aromatic heterocycles. The van der Waals surface area contributed by atoms with Gasteiger partial charge in [-0.2, -0.15) is 0 Å². The average molecular weight is 309 g/mol. The lowest BCUT2D eigenvalue weighted by Gasteiger charge is -2.17. The summed E-state index contributed by atoms with van der Waals surface area (Å²) < 4.78 is 10.9. The van der Waals surface area contributed by atoms with Gasteiger partial charge in [0.1, 0.15) is 11.5 Å². The van der Waals surface area contributed by atoms with Crippen molar-refractivity contribution >= 4 is 22.9 Å². The summed E-state index contributed by atoms with van der Waals surface area (Å²) in [5.41, 5.74) is 2.40. The molecule has 0 fully saturated rings. The lowest BCUT2D eigenvalue weighted by molar-refractivity contribution is 0.291. The van der Waals surface area contributed by atoms with Crippen LogP contribution in [0.15, 0.2) is 29.6 Å². The van der Waals surface area contributed by atoms with Gasteiger partial charge in [0.15, 0.2) is 0 Å². The van der Waals surface area contributed by atoms with Crippen LogP contribution in [0.3, 0.4) is 0 Å². The summed E-state index contributed by atoms with van der Waals surface area (Å²) in [7, 11) is 1.67. The van der Waals surface area contributed by atoms with Gasteiger partial charge in [0, 0.05) is 21.2 Å². The number of halogens is 1. The minimum absolute atomic E-state index is 0.0507. The normalized spacial score (nSPS) is 17.4. The van der Waals surface area contributed by atoms with E-state index in [1.165, 1.54) is 5.56 Å². The van der Waals surface area contributed by atoms with Crippen molar-refractivity contribution in [2.24, 2.45) is 0 Å². The van der Waals surface area contributed by atoms with Crippen LogP contribution >= 0.6 is 22.9 Å². The molecule has 2 nitrogen and oxygen atoms in total. The number of benzene rings is 1. The molecule has 1 unspecified atom stereocenters. The second kappa shape index (κ2) is 4.97. The summed E-state index contributed by atoms with van der Waals surface area (Å²) in [6, 6.07) is 8.24. The van der Waals surface area contributed by atoms with Crippen LogP contribution < -0.4 is 9.47 Å². The number of rotatable bonds is 3. The molecule has 1 aliphatic heterocycles. The van der Waals surface area contributed by atoms with Gasteiger partial charge < -0.3 is 9.47 Å². The fourth-order valence-electron chi connectivity index (χ4n) is 2.43. The van der Waals surface area contributed by atoms with Gasteiger partial charge in [0.05, 0.1) is 19.1 Å². The van der Waals surface area contributed by atoms with E-state index in [9.17, 15) is 0 Å². The molecule has 20 heavy (non-hydrogen) atoms. The Balaban J connectivity index is 1.95. The molecule has 3 rings (SSSR count). The van der Waals surface area contributed by atoms with Gasteiger partial charge in [0.2, 0.25) is 0 Å². The molecule has 1 aromatic carbocycles. The molecular weight excluding hydrogens is 292 g/mol. The Morgan fingerprint density at radius 3 is 2.85 bits per heavy atom. The maximum absolute atomic E-state index is 6.61. The summed E-state index contributed by atoms with van der Waals surface area (Å²) in [4.78, 5) is 1.10. The van der Waals surface area contributed by atoms with Crippen molar-refractivity contribution in [1.82, 2.24) is 0 Å². The number of hydrogen-bond donors (Lipinski definition) is 0. The monoisotopic (exact) mass is 308 g/mol. The molecule has 0 amide bonds. The Labute approximate surface area is 128 Å². The van der Waals surface area contributed by atoms with E-state index in [2.05, 4.69) is 19.9 Å². The third kappa shape index (κ3) is 2.29. The molecule has 0 spiro atoms. The lowest BCUT2D eigenvalue weighted by Crippen LogP contribution is -2.18. The number of thiophene rings is 1. The Kier molecular flexibility index (Phi) is 3.43. The van der Waals surface area contributed by atoms with Crippen molar-refractivity contribution in [2.45, 2.75) is 24.6 Å². The van der Waals surface area contributed by atoms with Gasteiger partial charge in [-0.25, -0.2) is 0 Å². The van der Waals surface area contributed by atoms with Crippen LogP contribution in [-0.4, -0.2) is 13.7 Å². The van der Waals surface area contributed by atoms with Gasteiger partial charge in [-0.15, -0.1) is 22.9 Å². The van der Waals surface area contributed by atoms with E-state index in [1.54, 1.807) is 18.4 Å². The summed E-state index contributed by atoms with van der Waals surface area (Å²) >= 11 is 8.23. The van der Waals surface area contributed by atoms with Crippen LogP contribution in [-0.2, 0) is 5.41 Å². The van der Waals surface area contributed by atoms with Gasteiger partial charge in [-0.1, -0.05) is 19.9 Å². The number of hydrogen-bond acceptors (Lipinski definition) is 3. The molecule has 106 valence electrons. The zero-order chi connectivity index (χ0) is 14.3. The third-order valence-corrected chi connectivity index (χ3v) is 5.29. The maximum atomic E-state index is 6.61. The fourth-order valence-corrected chi connectivity index (χ4v) is 3.64. The molecule has 1 atom stereocenters. The topological polar surface area (TPSA) is 18.5 Å². The van der Waals surface area contributed by atoms with Gasteiger partial charge in [-0.3, -0.25) is 0 Å².